The second-order valence-corrected chi connectivity index (χ2v) is 5.99. The van der Waals surface area contributed by atoms with Gasteiger partial charge in [0.1, 0.15) is 11.6 Å². The van der Waals surface area contributed by atoms with E-state index in [1.165, 1.54) is 24.0 Å². The number of halogens is 1. The molecule has 0 saturated heterocycles. The van der Waals surface area contributed by atoms with Gasteiger partial charge in [-0.15, -0.1) is 0 Å². The van der Waals surface area contributed by atoms with Crippen LogP contribution in [0.15, 0.2) is 28.7 Å². The summed E-state index contributed by atoms with van der Waals surface area (Å²) < 4.78 is 1.07. The predicted octanol–water partition coefficient (Wildman–Crippen LogP) is 2.99. The molecule has 2 aromatic rings. The van der Waals surface area contributed by atoms with Gasteiger partial charge in [0.05, 0.1) is 0 Å². The highest BCUT2D eigenvalue weighted by molar-refractivity contribution is 9.10. The predicted molar refractivity (Wildman–Crippen MR) is 83.4 cm³/mol. The summed E-state index contributed by atoms with van der Waals surface area (Å²) in [5.41, 5.74) is 6.27. The van der Waals surface area contributed by atoms with E-state index in [1.807, 2.05) is 12.1 Å². The Bertz CT molecular complexity index is 610. The van der Waals surface area contributed by atoms with Crippen molar-refractivity contribution >= 4 is 21.7 Å². The van der Waals surface area contributed by atoms with Gasteiger partial charge >= 0.3 is 0 Å². The Morgan fingerprint density at radius 1 is 1.20 bits per heavy atom. The molecule has 0 atom stereocenters. The second-order valence-electron chi connectivity index (χ2n) is 5.07. The molecule has 0 unspecified atom stereocenters. The Hall–Kier alpha value is -1.46. The molecule has 0 amide bonds. The topological polar surface area (TPSA) is 63.8 Å². The highest BCUT2D eigenvalue weighted by Gasteiger charge is 2.17. The fourth-order valence-corrected chi connectivity index (χ4v) is 3.12. The number of nitrogens with zero attached hydrogens (tertiary/aromatic N) is 2. The van der Waals surface area contributed by atoms with E-state index in [1.54, 1.807) is 0 Å². The fourth-order valence-electron chi connectivity index (χ4n) is 2.67. The first-order chi connectivity index (χ1) is 9.76. The van der Waals surface area contributed by atoms with E-state index in [9.17, 15) is 0 Å². The van der Waals surface area contributed by atoms with Crippen LogP contribution >= 0.6 is 15.9 Å². The first-order valence-corrected chi connectivity index (χ1v) is 7.65. The zero-order chi connectivity index (χ0) is 13.9. The number of nitrogens with two attached hydrogens (primary N) is 1. The van der Waals surface area contributed by atoms with Gasteiger partial charge in [0.2, 0.25) is 0 Å². The van der Waals surface area contributed by atoms with E-state index in [0.29, 0.717) is 0 Å². The second kappa shape index (κ2) is 5.89. The van der Waals surface area contributed by atoms with E-state index in [2.05, 4.69) is 38.5 Å². The van der Waals surface area contributed by atoms with E-state index >= 15 is 0 Å². The molecule has 0 radical (unpaired) electrons. The van der Waals surface area contributed by atoms with Crippen LogP contribution in [0.1, 0.15) is 35.5 Å². The van der Waals surface area contributed by atoms with Crippen molar-refractivity contribution in [2.45, 2.75) is 32.1 Å². The Balaban J connectivity index is 1.94. The van der Waals surface area contributed by atoms with E-state index < -0.39 is 0 Å². The number of benzene rings is 1. The van der Waals surface area contributed by atoms with Crippen molar-refractivity contribution in [3.63, 3.8) is 0 Å². The van der Waals surface area contributed by atoms with Crippen LogP contribution in [0.5, 0.6) is 0 Å². The Labute approximate surface area is 126 Å². The first-order valence-electron chi connectivity index (χ1n) is 6.86. The SMILES string of the molecule is NNc1nc(Cc2cccc(Br)c2)nc2c1CCCC2. The van der Waals surface area contributed by atoms with Gasteiger partial charge in [0, 0.05) is 22.2 Å². The monoisotopic (exact) mass is 332 g/mol. The minimum Gasteiger partial charge on any atom is -0.308 e. The number of hydrogen-bond acceptors (Lipinski definition) is 4. The van der Waals surface area contributed by atoms with Crippen LogP contribution in [0.2, 0.25) is 0 Å². The van der Waals surface area contributed by atoms with Crippen molar-refractivity contribution in [1.82, 2.24) is 9.97 Å². The van der Waals surface area contributed by atoms with Crippen LogP contribution in [0.3, 0.4) is 0 Å². The van der Waals surface area contributed by atoms with Gasteiger partial charge in [-0.3, -0.25) is 0 Å². The van der Waals surface area contributed by atoms with Crippen molar-refractivity contribution < 1.29 is 0 Å². The van der Waals surface area contributed by atoms with Crippen LogP contribution in [-0.4, -0.2) is 9.97 Å². The van der Waals surface area contributed by atoms with Gasteiger partial charge in [-0.2, -0.15) is 0 Å². The molecule has 104 valence electrons. The van der Waals surface area contributed by atoms with Crippen LogP contribution in [0.25, 0.3) is 0 Å². The molecule has 0 bridgehead atoms. The summed E-state index contributed by atoms with van der Waals surface area (Å²) >= 11 is 3.49. The molecule has 1 aromatic carbocycles. The quantitative estimate of drug-likeness (QED) is 0.669. The molecule has 0 fully saturated rings. The lowest BCUT2D eigenvalue weighted by atomic mass is 9.96. The van der Waals surface area contributed by atoms with Crippen molar-refractivity contribution in [3.05, 3.63) is 51.4 Å². The number of hydrazine groups is 1. The van der Waals surface area contributed by atoms with Gasteiger partial charge in [-0.1, -0.05) is 28.1 Å². The van der Waals surface area contributed by atoms with Gasteiger partial charge in [0.25, 0.3) is 0 Å². The molecule has 0 aliphatic heterocycles. The Morgan fingerprint density at radius 3 is 2.85 bits per heavy atom. The summed E-state index contributed by atoms with van der Waals surface area (Å²) in [4.78, 5) is 9.29. The average Bonchev–Trinajstić information content (AvgIpc) is 2.46. The van der Waals surface area contributed by atoms with E-state index in [-0.39, 0.29) is 0 Å². The number of anilines is 1. The third-order valence-electron chi connectivity index (χ3n) is 3.62. The van der Waals surface area contributed by atoms with Crippen LogP contribution in [0, 0.1) is 0 Å². The Morgan fingerprint density at radius 2 is 2.05 bits per heavy atom. The summed E-state index contributed by atoms with van der Waals surface area (Å²) in [6.07, 6.45) is 5.16. The summed E-state index contributed by atoms with van der Waals surface area (Å²) in [6.45, 7) is 0. The maximum absolute atomic E-state index is 5.61. The molecule has 20 heavy (non-hydrogen) atoms. The molecular formula is C15H17BrN4. The highest BCUT2D eigenvalue weighted by Crippen LogP contribution is 2.25. The molecule has 1 aromatic heterocycles. The summed E-state index contributed by atoms with van der Waals surface area (Å²) in [7, 11) is 0. The molecule has 0 saturated carbocycles. The number of aromatic nitrogens is 2. The zero-order valence-corrected chi connectivity index (χ0v) is 12.8. The lowest BCUT2D eigenvalue weighted by Crippen LogP contribution is -2.18. The van der Waals surface area contributed by atoms with Gasteiger partial charge in [0.15, 0.2) is 0 Å². The number of nitrogen functional groups attached to an aromatic ring is 1. The maximum atomic E-state index is 5.61. The molecule has 1 aliphatic rings. The largest absolute Gasteiger partial charge is 0.308 e. The van der Waals surface area contributed by atoms with Gasteiger partial charge < -0.3 is 5.43 Å². The lowest BCUT2D eigenvalue weighted by Gasteiger charge is -2.18. The number of rotatable bonds is 3. The maximum Gasteiger partial charge on any atom is 0.147 e. The van der Waals surface area contributed by atoms with E-state index in [4.69, 9.17) is 10.8 Å². The molecule has 5 heteroatoms. The fraction of sp³-hybridized carbons (Fsp3) is 0.333. The number of aryl methyl sites for hydroxylation is 1. The summed E-state index contributed by atoms with van der Waals surface area (Å²) in [5, 5.41) is 0. The van der Waals surface area contributed by atoms with Crippen LogP contribution < -0.4 is 11.3 Å². The highest BCUT2D eigenvalue weighted by atomic mass is 79.9. The molecule has 3 N–H and O–H groups in total. The molecule has 1 aliphatic carbocycles. The van der Waals surface area contributed by atoms with Crippen molar-refractivity contribution in [2.24, 2.45) is 5.84 Å². The third kappa shape index (κ3) is 2.83. The third-order valence-corrected chi connectivity index (χ3v) is 4.11. The molecule has 4 nitrogen and oxygen atoms in total. The molecule has 0 spiro atoms. The van der Waals surface area contributed by atoms with Crippen molar-refractivity contribution in [2.75, 3.05) is 5.43 Å². The first kappa shape index (κ1) is 13.5. The van der Waals surface area contributed by atoms with Crippen molar-refractivity contribution in [3.8, 4) is 0 Å². The number of fused-ring (bicyclic) bond motifs is 1. The van der Waals surface area contributed by atoms with E-state index in [0.717, 1.165) is 41.1 Å². The Kier molecular flexibility index (Phi) is 3.98. The summed E-state index contributed by atoms with van der Waals surface area (Å²) in [5.74, 6) is 7.23. The number of nitrogens with one attached hydrogen (secondary N) is 1. The molecule has 3 rings (SSSR count). The average molecular weight is 333 g/mol. The van der Waals surface area contributed by atoms with Crippen LogP contribution in [-0.2, 0) is 19.3 Å². The standard InChI is InChI=1S/C15H17BrN4/c16-11-5-3-4-10(8-11)9-14-18-13-7-2-1-6-12(13)15(19-14)20-17/h3-5,8H,1-2,6-7,9,17H2,(H,18,19,20). The minimum absolute atomic E-state index is 0.724. The lowest BCUT2D eigenvalue weighted by molar-refractivity contribution is 0.657. The van der Waals surface area contributed by atoms with Gasteiger partial charge in [-0.25, -0.2) is 15.8 Å². The summed E-state index contributed by atoms with van der Waals surface area (Å²) in [6, 6.07) is 8.23. The zero-order valence-electron chi connectivity index (χ0n) is 11.2. The van der Waals surface area contributed by atoms with Gasteiger partial charge in [-0.05, 0) is 43.4 Å². The molecular weight excluding hydrogens is 316 g/mol. The number of hydrogen-bond donors (Lipinski definition) is 2. The normalized spacial score (nSPS) is 13.9. The van der Waals surface area contributed by atoms with Crippen molar-refractivity contribution in [1.29, 1.82) is 0 Å². The smallest absolute Gasteiger partial charge is 0.147 e. The van der Waals surface area contributed by atoms with Crippen LogP contribution in [0.4, 0.5) is 5.82 Å². The minimum atomic E-state index is 0.724. The molecule has 1 heterocycles.